The molecule has 1 aliphatic carbocycles. The summed E-state index contributed by atoms with van der Waals surface area (Å²) < 4.78 is 63.2. The molecule has 1 aliphatic heterocycles. The Balaban J connectivity index is 1.77. The molecule has 2 bridgehead atoms. The lowest BCUT2D eigenvalue weighted by Gasteiger charge is -2.33. The second-order valence-corrected chi connectivity index (χ2v) is 8.88. The van der Waals surface area contributed by atoms with Gasteiger partial charge in [0, 0.05) is 18.6 Å². The van der Waals surface area contributed by atoms with Gasteiger partial charge in [-0.05, 0) is 30.9 Å². The molecule has 0 aromatic carbocycles. The molecule has 128 valence electrons. The van der Waals surface area contributed by atoms with E-state index in [1.807, 2.05) is 0 Å². The number of nitrogens with zero attached hydrogens (tertiary/aromatic N) is 1. The van der Waals surface area contributed by atoms with Gasteiger partial charge in [-0.15, -0.1) is 11.3 Å². The second-order valence-electron chi connectivity index (χ2n) is 6.02. The number of piperidine rings is 1. The van der Waals surface area contributed by atoms with E-state index in [1.165, 1.54) is 11.0 Å². The molecule has 5 nitrogen and oxygen atoms in total. The molecule has 3 atom stereocenters. The van der Waals surface area contributed by atoms with Crippen molar-refractivity contribution in [2.24, 2.45) is 5.92 Å². The molecule has 2 heterocycles. The number of halogens is 3. The van der Waals surface area contributed by atoms with Crippen LogP contribution in [0.3, 0.4) is 0 Å². The van der Waals surface area contributed by atoms with Crippen LogP contribution in [0.4, 0.5) is 13.2 Å². The van der Waals surface area contributed by atoms with Gasteiger partial charge < -0.3 is 4.90 Å². The zero-order valence-corrected chi connectivity index (χ0v) is 13.8. The number of likely N-dealkylation sites (tertiary alicyclic amines) is 1. The molecule has 1 saturated heterocycles. The Labute approximate surface area is 135 Å². The highest BCUT2D eigenvalue weighted by molar-refractivity contribution is 7.88. The summed E-state index contributed by atoms with van der Waals surface area (Å²) in [6.07, 6.45) is -2.08. The van der Waals surface area contributed by atoms with Crippen LogP contribution in [0.15, 0.2) is 12.1 Å². The van der Waals surface area contributed by atoms with Crippen LogP contribution in [-0.2, 0) is 16.2 Å². The summed E-state index contributed by atoms with van der Waals surface area (Å²) in [5.41, 5.74) is 0. The third-order valence-corrected chi connectivity index (χ3v) is 6.05. The molecular formula is C13H15F3N2O3S2. The number of nitrogens with one attached hydrogen (secondary N) is 1. The number of amides is 1. The molecule has 0 spiro atoms. The van der Waals surface area contributed by atoms with Crippen molar-refractivity contribution >= 4 is 27.3 Å². The van der Waals surface area contributed by atoms with Gasteiger partial charge in [-0.1, -0.05) is 0 Å². The van der Waals surface area contributed by atoms with Crippen molar-refractivity contribution in [2.75, 3.05) is 12.8 Å². The van der Waals surface area contributed by atoms with E-state index in [4.69, 9.17) is 0 Å². The number of carbonyl (C=O) groups excluding carboxylic acids is 1. The number of alkyl halides is 3. The average molecular weight is 368 g/mol. The molecule has 1 N–H and O–H groups in total. The quantitative estimate of drug-likeness (QED) is 0.886. The number of hydrogen-bond donors (Lipinski definition) is 1. The Morgan fingerprint density at radius 1 is 1.35 bits per heavy atom. The Kier molecular flexibility index (Phi) is 3.96. The first-order valence-corrected chi connectivity index (χ1v) is 9.70. The van der Waals surface area contributed by atoms with Gasteiger partial charge in [0.2, 0.25) is 10.0 Å². The lowest BCUT2D eigenvalue weighted by atomic mass is 10.1. The van der Waals surface area contributed by atoms with Crippen LogP contribution in [-0.4, -0.2) is 44.1 Å². The van der Waals surface area contributed by atoms with Gasteiger partial charge in [-0.25, -0.2) is 13.1 Å². The number of sulfonamides is 1. The van der Waals surface area contributed by atoms with E-state index < -0.39 is 27.0 Å². The lowest BCUT2D eigenvalue weighted by molar-refractivity contribution is -0.134. The van der Waals surface area contributed by atoms with Crippen LogP contribution >= 0.6 is 11.3 Å². The van der Waals surface area contributed by atoms with Crippen molar-refractivity contribution in [3.8, 4) is 0 Å². The highest BCUT2D eigenvalue weighted by atomic mass is 32.2. The summed E-state index contributed by atoms with van der Waals surface area (Å²) in [6, 6.07) is 1.42. The minimum atomic E-state index is -4.46. The number of fused-ring (bicyclic) bond motifs is 2. The number of carbonyl (C=O) groups is 1. The van der Waals surface area contributed by atoms with E-state index >= 15 is 0 Å². The summed E-state index contributed by atoms with van der Waals surface area (Å²) >= 11 is 0.422. The van der Waals surface area contributed by atoms with Crippen LogP contribution in [0, 0.1) is 5.92 Å². The monoisotopic (exact) mass is 368 g/mol. The van der Waals surface area contributed by atoms with E-state index in [-0.39, 0.29) is 22.9 Å². The first kappa shape index (κ1) is 16.7. The largest absolute Gasteiger partial charge is 0.425 e. The van der Waals surface area contributed by atoms with Gasteiger partial charge in [0.1, 0.15) is 4.88 Å². The fourth-order valence-electron chi connectivity index (χ4n) is 3.41. The fourth-order valence-corrected chi connectivity index (χ4v) is 5.04. The SMILES string of the molecule is CS(=O)(=O)N[C@H]1C[C@@H]2C[C@H]1N(C(=O)c1ccc(C(F)(F)F)s1)C2. The van der Waals surface area contributed by atoms with Crippen molar-refractivity contribution in [3.63, 3.8) is 0 Å². The van der Waals surface area contributed by atoms with E-state index in [0.717, 1.165) is 12.3 Å². The first-order valence-electron chi connectivity index (χ1n) is 7.00. The van der Waals surface area contributed by atoms with Gasteiger partial charge in [0.25, 0.3) is 5.91 Å². The Bertz CT molecular complexity index is 729. The molecular weight excluding hydrogens is 353 g/mol. The topological polar surface area (TPSA) is 66.5 Å². The molecule has 1 amide bonds. The highest BCUT2D eigenvalue weighted by Gasteiger charge is 2.48. The van der Waals surface area contributed by atoms with E-state index in [0.29, 0.717) is 30.7 Å². The van der Waals surface area contributed by atoms with Crippen molar-refractivity contribution in [2.45, 2.75) is 31.1 Å². The Morgan fingerprint density at radius 2 is 2.04 bits per heavy atom. The number of thiophene rings is 1. The van der Waals surface area contributed by atoms with Gasteiger partial charge in [-0.3, -0.25) is 4.79 Å². The highest BCUT2D eigenvalue weighted by Crippen LogP contribution is 2.40. The van der Waals surface area contributed by atoms with E-state index in [9.17, 15) is 26.4 Å². The van der Waals surface area contributed by atoms with E-state index in [2.05, 4.69) is 4.72 Å². The van der Waals surface area contributed by atoms with Crippen LogP contribution < -0.4 is 4.72 Å². The number of rotatable bonds is 3. The van der Waals surface area contributed by atoms with Gasteiger partial charge >= 0.3 is 6.18 Å². The molecule has 1 aromatic heterocycles. The van der Waals surface area contributed by atoms with Gasteiger partial charge in [-0.2, -0.15) is 13.2 Å². The van der Waals surface area contributed by atoms with Crippen LogP contribution in [0.2, 0.25) is 0 Å². The second kappa shape index (κ2) is 5.45. The van der Waals surface area contributed by atoms with E-state index in [1.54, 1.807) is 0 Å². The standard InChI is InChI=1S/C13H15F3N2O3S2/c1-23(20,21)17-8-4-7-5-9(8)18(6-7)12(19)10-2-3-11(22-10)13(14,15)16/h2-3,7-9,17H,4-6H2,1H3/t7-,8+,9-/m1/s1. The molecule has 2 fully saturated rings. The Morgan fingerprint density at radius 3 is 2.57 bits per heavy atom. The normalized spacial score (nSPS) is 27.7. The summed E-state index contributed by atoms with van der Waals surface area (Å²) in [5, 5.41) is 0. The minimum absolute atomic E-state index is 0.0305. The van der Waals surface area contributed by atoms with Gasteiger partial charge in [0.15, 0.2) is 0 Å². The summed E-state index contributed by atoms with van der Waals surface area (Å²) in [4.78, 5) is 13.2. The minimum Gasteiger partial charge on any atom is -0.333 e. The summed E-state index contributed by atoms with van der Waals surface area (Å²) in [6.45, 7) is 0.463. The smallest absolute Gasteiger partial charge is 0.333 e. The van der Waals surface area contributed by atoms with Gasteiger partial charge in [0.05, 0.1) is 11.1 Å². The van der Waals surface area contributed by atoms with Crippen molar-refractivity contribution in [3.05, 3.63) is 21.9 Å². The predicted molar refractivity (Wildman–Crippen MR) is 78.6 cm³/mol. The first-order chi connectivity index (χ1) is 10.5. The summed E-state index contributed by atoms with van der Waals surface area (Å²) in [7, 11) is -3.39. The average Bonchev–Trinajstić information content (AvgIpc) is 3.09. The van der Waals surface area contributed by atoms with Crippen molar-refractivity contribution in [1.82, 2.24) is 9.62 Å². The third kappa shape index (κ3) is 3.38. The zero-order valence-electron chi connectivity index (χ0n) is 12.1. The predicted octanol–water partition coefficient (Wildman–Crippen LogP) is 1.92. The number of hydrogen-bond acceptors (Lipinski definition) is 4. The van der Waals surface area contributed by atoms with Crippen molar-refractivity contribution in [1.29, 1.82) is 0 Å². The Hall–Kier alpha value is -1.13. The molecule has 0 unspecified atom stereocenters. The lowest BCUT2D eigenvalue weighted by Crippen LogP contribution is -2.51. The van der Waals surface area contributed by atoms with Crippen LogP contribution in [0.25, 0.3) is 0 Å². The van der Waals surface area contributed by atoms with Crippen molar-refractivity contribution < 1.29 is 26.4 Å². The van der Waals surface area contributed by atoms with Crippen LogP contribution in [0.5, 0.6) is 0 Å². The zero-order chi connectivity index (χ0) is 17.0. The molecule has 3 rings (SSSR count). The maximum absolute atomic E-state index is 12.6. The maximum atomic E-state index is 12.6. The maximum Gasteiger partial charge on any atom is 0.425 e. The molecule has 1 aromatic rings. The fraction of sp³-hybridized carbons (Fsp3) is 0.615. The molecule has 2 aliphatic rings. The van der Waals surface area contributed by atoms with Crippen LogP contribution in [0.1, 0.15) is 27.4 Å². The molecule has 23 heavy (non-hydrogen) atoms. The molecule has 10 heteroatoms. The molecule has 0 radical (unpaired) electrons. The third-order valence-electron chi connectivity index (χ3n) is 4.20. The molecule has 1 saturated carbocycles. The summed E-state index contributed by atoms with van der Waals surface area (Å²) in [5.74, 6) is -0.275.